The largest absolute Gasteiger partial charge is 0.469 e. The lowest BCUT2D eigenvalue weighted by Gasteiger charge is -2.27. The van der Waals surface area contributed by atoms with Gasteiger partial charge in [-0.2, -0.15) is 0 Å². The van der Waals surface area contributed by atoms with Gasteiger partial charge in [-0.1, -0.05) is 24.6 Å². The number of esters is 1. The van der Waals surface area contributed by atoms with Crippen molar-refractivity contribution in [3.05, 3.63) is 34.4 Å². The van der Waals surface area contributed by atoms with Crippen molar-refractivity contribution in [2.45, 2.75) is 39.0 Å². The minimum absolute atomic E-state index is 0.00910. The van der Waals surface area contributed by atoms with E-state index in [4.69, 9.17) is 4.74 Å². The zero-order valence-corrected chi connectivity index (χ0v) is 15.7. The first-order valence-corrected chi connectivity index (χ1v) is 10.1. The molecule has 4 nitrogen and oxygen atoms in total. The standard InChI is InChI=1S/C22H27NO3/c1-12-10-23-11-14-4-3-13-5-6-17-19(22(25)26-2)9-18(20(13)17)16(14)8-7-15(12)21(23)24/h7-8,12,14-15,17,19H,3-6,9-11H2,1-2H3/t12-,14-,15-,17-,19-/m1/s1. The third-order valence-corrected chi connectivity index (χ3v) is 7.47. The van der Waals surface area contributed by atoms with Gasteiger partial charge >= 0.3 is 5.97 Å². The molecule has 2 bridgehead atoms. The Morgan fingerprint density at radius 1 is 1.23 bits per heavy atom. The summed E-state index contributed by atoms with van der Waals surface area (Å²) >= 11 is 0. The fraction of sp³-hybridized carbons (Fsp3) is 0.636. The lowest BCUT2D eigenvalue weighted by molar-refractivity contribution is -0.146. The number of carbonyl (C=O) groups is 2. The second-order valence-corrected chi connectivity index (χ2v) is 8.77. The van der Waals surface area contributed by atoms with Crippen molar-refractivity contribution in [2.75, 3.05) is 20.2 Å². The Labute approximate surface area is 155 Å². The summed E-state index contributed by atoms with van der Waals surface area (Å²) in [6.07, 6.45) is 9.70. The van der Waals surface area contributed by atoms with E-state index in [-0.39, 0.29) is 17.8 Å². The molecule has 4 heteroatoms. The average Bonchev–Trinajstić information content (AvgIpc) is 3.25. The third kappa shape index (κ3) is 2.20. The molecule has 26 heavy (non-hydrogen) atoms. The van der Waals surface area contributed by atoms with Crippen LogP contribution in [-0.4, -0.2) is 37.0 Å². The number of rotatable bonds is 1. The van der Waals surface area contributed by atoms with Gasteiger partial charge in [0.1, 0.15) is 0 Å². The maximum Gasteiger partial charge on any atom is 0.309 e. The molecule has 5 aliphatic rings. The minimum Gasteiger partial charge on any atom is -0.469 e. The van der Waals surface area contributed by atoms with E-state index in [2.05, 4.69) is 24.0 Å². The Balaban J connectivity index is 1.61. The first-order valence-electron chi connectivity index (χ1n) is 10.1. The van der Waals surface area contributed by atoms with Gasteiger partial charge < -0.3 is 9.64 Å². The van der Waals surface area contributed by atoms with Crippen LogP contribution in [0.3, 0.4) is 0 Å². The molecule has 0 unspecified atom stereocenters. The maximum absolute atomic E-state index is 12.7. The van der Waals surface area contributed by atoms with E-state index in [1.54, 1.807) is 5.57 Å². The molecule has 2 aliphatic heterocycles. The van der Waals surface area contributed by atoms with Crippen LogP contribution in [0.1, 0.15) is 39.0 Å². The first-order chi connectivity index (χ1) is 12.6. The van der Waals surface area contributed by atoms with Gasteiger partial charge in [-0.15, -0.1) is 0 Å². The number of hydrogen-bond donors (Lipinski definition) is 0. The van der Waals surface area contributed by atoms with E-state index in [0.29, 0.717) is 23.7 Å². The number of hydrogen-bond acceptors (Lipinski definition) is 3. The van der Waals surface area contributed by atoms with E-state index in [1.165, 1.54) is 23.8 Å². The number of allylic oxidation sites excluding steroid dienone is 4. The third-order valence-electron chi connectivity index (χ3n) is 7.47. The summed E-state index contributed by atoms with van der Waals surface area (Å²) < 4.78 is 5.12. The summed E-state index contributed by atoms with van der Waals surface area (Å²) in [6.45, 7) is 3.91. The van der Waals surface area contributed by atoms with Crippen molar-refractivity contribution in [3.63, 3.8) is 0 Å². The van der Waals surface area contributed by atoms with Crippen LogP contribution >= 0.6 is 0 Å². The molecule has 0 aromatic heterocycles. The lowest BCUT2D eigenvalue weighted by atomic mass is 9.87. The van der Waals surface area contributed by atoms with Gasteiger partial charge in [0.2, 0.25) is 5.91 Å². The molecule has 138 valence electrons. The highest BCUT2D eigenvalue weighted by molar-refractivity contribution is 5.83. The second kappa shape index (κ2) is 5.83. The second-order valence-electron chi connectivity index (χ2n) is 8.77. The Bertz CT molecular complexity index is 774. The highest BCUT2D eigenvalue weighted by Crippen LogP contribution is 2.55. The van der Waals surface area contributed by atoms with Gasteiger partial charge in [0.25, 0.3) is 0 Å². The molecule has 0 aromatic carbocycles. The molecule has 1 amide bonds. The predicted molar refractivity (Wildman–Crippen MR) is 98.0 cm³/mol. The van der Waals surface area contributed by atoms with Gasteiger partial charge in [-0.25, -0.2) is 0 Å². The van der Waals surface area contributed by atoms with Crippen LogP contribution in [0.5, 0.6) is 0 Å². The number of amides is 1. The fourth-order valence-electron chi connectivity index (χ4n) is 6.21. The number of carbonyl (C=O) groups excluding carboxylic acids is 2. The molecule has 2 fully saturated rings. The van der Waals surface area contributed by atoms with E-state index in [1.807, 2.05) is 0 Å². The molecule has 0 aromatic rings. The highest BCUT2D eigenvalue weighted by atomic mass is 16.5. The van der Waals surface area contributed by atoms with Crippen LogP contribution in [0.2, 0.25) is 0 Å². The smallest absolute Gasteiger partial charge is 0.309 e. The molecule has 0 radical (unpaired) electrons. The summed E-state index contributed by atoms with van der Waals surface area (Å²) in [6, 6.07) is 0. The van der Waals surface area contributed by atoms with Gasteiger partial charge in [0, 0.05) is 19.0 Å². The molecular formula is C22H27NO3. The van der Waals surface area contributed by atoms with Crippen LogP contribution in [0, 0.1) is 29.6 Å². The van der Waals surface area contributed by atoms with Crippen molar-refractivity contribution in [2.24, 2.45) is 29.6 Å². The topological polar surface area (TPSA) is 46.6 Å². The van der Waals surface area contributed by atoms with Gasteiger partial charge in [-0.05, 0) is 60.7 Å². The number of ether oxygens (including phenoxy) is 1. The summed E-state index contributed by atoms with van der Waals surface area (Å²) in [5.74, 6) is 1.42. The number of fused-ring (bicyclic) bond motifs is 3. The lowest BCUT2D eigenvalue weighted by Crippen LogP contribution is -2.34. The minimum atomic E-state index is -0.0519. The fourth-order valence-corrected chi connectivity index (χ4v) is 6.21. The molecule has 1 saturated heterocycles. The molecule has 1 saturated carbocycles. The zero-order valence-electron chi connectivity index (χ0n) is 15.7. The maximum atomic E-state index is 12.7. The monoisotopic (exact) mass is 353 g/mol. The number of nitrogens with zero attached hydrogens (tertiary/aromatic N) is 1. The number of methoxy groups -OCH3 is 1. The predicted octanol–water partition coefficient (Wildman–Crippen LogP) is 3.26. The Kier molecular flexibility index (Phi) is 3.67. The SMILES string of the molecule is COC(=O)[C@@H]1CC2=C3C=C[C@H]4C(=O)N(C[C@H]3CCC3=C2[C@@H]1CC3)C[C@H]4C. The van der Waals surface area contributed by atoms with Crippen LogP contribution in [0.15, 0.2) is 34.4 Å². The zero-order chi connectivity index (χ0) is 18.0. The van der Waals surface area contributed by atoms with E-state index < -0.39 is 0 Å². The van der Waals surface area contributed by atoms with Crippen molar-refractivity contribution >= 4 is 11.9 Å². The van der Waals surface area contributed by atoms with Crippen LogP contribution in [0.4, 0.5) is 0 Å². The normalized spacial score (nSPS) is 38.2. The molecule has 0 spiro atoms. The summed E-state index contributed by atoms with van der Waals surface area (Å²) in [4.78, 5) is 27.1. The van der Waals surface area contributed by atoms with Crippen molar-refractivity contribution in [1.29, 1.82) is 0 Å². The summed E-state index contributed by atoms with van der Waals surface area (Å²) in [5.41, 5.74) is 5.89. The van der Waals surface area contributed by atoms with E-state index in [9.17, 15) is 9.59 Å². The van der Waals surface area contributed by atoms with Gasteiger partial charge in [0.05, 0.1) is 18.9 Å². The van der Waals surface area contributed by atoms with Gasteiger partial charge in [0.15, 0.2) is 0 Å². The Morgan fingerprint density at radius 3 is 2.85 bits per heavy atom. The van der Waals surface area contributed by atoms with Crippen molar-refractivity contribution in [3.8, 4) is 0 Å². The first kappa shape index (κ1) is 16.3. The Hall–Kier alpha value is -1.84. The Morgan fingerprint density at radius 2 is 2.04 bits per heavy atom. The molecule has 0 N–H and O–H groups in total. The molecule has 2 heterocycles. The van der Waals surface area contributed by atoms with Gasteiger partial charge in [-0.3, -0.25) is 9.59 Å². The van der Waals surface area contributed by atoms with Crippen molar-refractivity contribution < 1.29 is 14.3 Å². The molecule has 3 aliphatic carbocycles. The molecule has 5 atom stereocenters. The highest BCUT2D eigenvalue weighted by Gasteiger charge is 2.47. The quantitative estimate of drug-likeness (QED) is 0.680. The van der Waals surface area contributed by atoms with Crippen molar-refractivity contribution in [1.82, 2.24) is 4.90 Å². The average molecular weight is 353 g/mol. The van der Waals surface area contributed by atoms with E-state index in [0.717, 1.165) is 45.2 Å². The van der Waals surface area contributed by atoms with Crippen LogP contribution < -0.4 is 0 Å². The summed E-state index contributed by atoms with van der Waals surface area (Å²) in [5, 5.41) is 0. The van der Waals surface area contributed by atoms with Crippen LogP contribution in [-0.2, 0) is 14.3 Å². The summed E-state index contributed by atoms with van der Waals surface area (Å²) in [7, 11) is 1.51. The molecule has 5 rings (SSSR count). The van der Waals surface area contributed by atoms with E-state index >= 15 is 0 Å². The molecular weight excluding hydrogens is 326 g/mol. The van der Waals surface area contributed by atoms with Crippen LogP contribution in [0.25, 0.3) is 0 Å².